The van der Waals surface area contributed by atoms with E-state index in [9.17, 15) is 4.79 Å². The maximum absolute atomic E-state index is 11.6. The summed E-state index contributed by atoms with van der Waals surface area (Å²) in [6.07, 6.45) is 0.318. The minimum Gasteiger partial charge on any atom is -0.325 e. The van der Waals surface area contributed by atoms with Crippen LogP contribution in [0.4, 0.5) is 5.69 Å². The van der Waals surface area contributed by atoms with Crippen LogP contribution >= 0.6 is 23.8 Å². The fourth-order valence-electron chi connectivity index (χ4n) is 2.33. The SMILES string of the molecule is Cc1ccc(C(=S)c2ccc(Cl)c3c2NC(=O)C3)cc1. The Labute approximate surface area is 127 Å². The highest BCUT2D eigenvalue weighted by Gasteiger charge is 2.25. The summed E-state index contributed by atoms with van der Waals surface area (Å²) >= 11 is 11.7. The number of halogens is 1. The summed E-state index contributed by atoms with van der Waals surface area (Å²) in [5.74, 6) is -0.0407. The molecule has 0 radical (unpaired) electrons. The highest BCUT2D eigenvalue weighted by Crippen LogP contribution is 2.34. The van der Waals surface area contributed by atoms with Crippen molar-refractivity contribution in [2.45, 2.75) is 13.3 Å². The van der Waals surface area contributed by atoms with Crippen LogP contribution in [0.15, 0.2) is 36.4 Å². The molecule has 1 N–H and O–H groups in total. The average Bonchev–Trinajstić information content (AvgIpc) is 2.82. The number of carbonyl (C=O) groups excluding carboxylic acids is 1. The van der Waals surface area contributed by atoms with Crippen LogP contribution in [-0.4, -0.2) is 10.8 Å². The lowest BCUT2D eigenvalue weighted by molar-refractivity contribution is -0.115. The molecular formula is C16H12ClNOS. The molecule has 0 saturated heterocycles. The molecule has 2 nitrogen and oxygen atoms in total. The first-order chi connectivity index (χ1) is 9.56. The summed E-state index contributed by atoms with van der Waals surface area (Å²) in [6, 6.07) is 11.7. The molecule has 3 rings (SSSR count). The van der Waals surface area contributed by atoms with Crippen LogP contribution in [0.25, 0.3) is 0 Å². The van der Waals surface area contributed by atoms with Gasteiger partial charge in [-0.15, -0.1) is 0 Å². The van der Waals surface area contributed by atoms with Crippen LogP contribution in [0, 0.1) is 6.92 Å². The zero-order chi connectivity index (χ0) is 14.3. The van der Waals surface area contributed by atoms with Gasteiger partial charge in [-0.2, -0.15) is 0 Å². The van der Waals surface area contributed by atoms with Crippen molar-refractivity contribution in [2.24, 2.45) is 0 Å². The van der Waals surface area contributed by atoms with Gasteiger partial charge in [0.05, 0.1) is 17.0 Å². The second kappa shape index (κ2) is 5.00. The summed E-state index contributed by atoms with van der Waals surface area (Å²) in [4.78, 5) is 12.3. The maximum atomic E-state index is 11.6. The van der Waals surface area contributed by atoms with Gasteiger partial charge in [0.1, 0.15) is 0 Å². The third kappa shape index (κ3) is 2.23. The maximum Gasteiger partial charge on any atom is 0.228 e. The van der Waals surface area contributed by atoms with Crippen molar-refractivity contribution in [3.8, 4) is 0 Å². The summed E-state index contributed by atoms with van der Waals surface area (Å²) in [6.45, 7) is 2.03. The first-order valence-electron chi connectivity index (χ1n) is 6.29. The van der Waals surface area contributed by atoms with Crippen molar-refractivity contribution >= 4 is 40.3 Å². The molecule has 0 aromatic heterocycles. The van der Waals surface area contributed by atoms with Gasteiger partial charge in [-0.05, 0) is 24.6 Å². The molecule has 0 bridgehead atoms. The molecule has 0 aliphatic carbocycles. The van der Waals surface area contributed by atoms with Crippen LogP contribution in [-0.2, 0) is 11.2 Å². The van der Waals surface area contributed by atoms with Crippen LogP contribution in [0.3, 0.4) is 0 Å². The van der Waals surface area contributed by atoms with Crippen molar-refractivity contribution in [3.05, 3.63) is 63.7 Å². The van der Waals surface area contributed by atoms with Gasteiger partial charge in [-0.3, -0.25) is 4.79 Å². The van der Waals surface area contributed by atoms with Gasteiger partial charge in [0.25, 0.3) is 0 Å². The Morgan fingerprint density at radius 3 is 2.60 bits per heavy atom. The Bertz CT molecular complexity index is 722. The van der Waals surface area contributed by atoms with Gasteiger partial charge >= 0.3 is 0 Å². The average molecular weight is 302 g/mol. The largest absolute Gasteiger partial charge is 0.325 e. The number of amides is 1. The highest BCUT2D eigenvalue weighted by molar-refractivity contribution is 7.81. The van der Waals surface area contributed by atoms with Gasteiger partial charge in [-0.25, -0.2) is 0 Å². The number of anilines is 1. The van der Waals surface area contributed by atoms with E-state index in [1.807, 2.05) is 37.3 Å². The van der Waals surface area contributed by atoms with Crippen LogP contribution in [0.2, 0.25) is 5.02 Å². The highest BCUT2D eigenvalue weighted by atomic mass is 35.5. The Hall–Kier alpha value is -1.71. The van der Waals surface area contributed by atoms with E-state index in [2.05, 4.69) is 5.32 Å². The molecule has 0 unspecified atom stereocenters. The molecule has 0 fully saturated rings. The van der Waals surface area contributed by atoms with E-state index in [1.165, 1.54) is 5.56 Å². The molecule has 1 aliphatic rings. The lowest BCUT2D eigenvalue weighted by atomic mass is 9.99. The first kappa shape index (κ1) is 13.3. The molecule has 0 spiro atoms. The molecule has 0 saturated carbocycles. The standard InChI is InChI=1S/C16H12ClNOS/c1-9-2-4-10(5-3-9)16(20)11-6-7-13(17)12-8-14(19)18-15(11)12/h2-7H,8H2,1H3,(H,18,19). The molecule has 0 atom stereocenters. The second-order valence-corrected chi connectivity index (χ2v) is 5.68. The smallest absolute Gasteiger partial charge is 0.228 e. The Morgan fingerprint density at radius 1 is 1.20 bits per heavy atom. The number of benzene rings is 2. The second-order valence-electron chi connectivity index (χ2n) is 4.87. The predicted molar refractivity (Wildman–Crippen MR) is 85.8 cm³/mol. The van der Waals surface area contributed by atoms with Gasteiger partial charge < -0.3 is 5.32 Å². The number of thiocarbonyl (C=S) groups is 1. The van der Waals surface area contributed by atoms with Gasteiger partial charge in [0.15, 0.2) is 0 Å². The number of aryl methyl sites for hydroxylation is 1. The fourth-order valence-corrected chi connectivity index (χ4v) is 2.86. The third-order valence-corrected chi connectivity index (χ3v) is 4.23. The third-order valence-electron chi connectivity index (χ3n) is 3.42. The van der Waals surface area contributed by atoms with Crippen molar-refractivity contribution < 1.29 is 4.79 Å². The predicted octanol–water partition coefficient (Wildman–Crippen LogP) is 3.91. The Balaban J connectivity index is 2.08. The number of fused-ring (bicyclic) bond motifs is 1. The fraction of sp³-hybridized carbons (Fsp3) is 0.125. The van der Waals surface area contributed by atoms with E-state index in [4.69, 9.17) is 23.8 Å². The molecule has 1 heterocycles. The van der Waals surface area contributed by atoms with Crippen molar-refractivity contribution in [2.75, 3.05) is 5.32 Å². The zero-order valence-corrected chi connectivity index (χ0v) is 12.4. The van der Waals surface area contributed by atoms with Crippen LogP contribution < -0.4 is 5.32 Å². The summed E-state index contributed by atoms with van der Waals surface area (Å²) in [5.41, 5.74) is 4.60. The van der Waals surface area contributed by atoms with E-state index < -0.39 is 0 Å². The van der Waals surface area contributed by atoms with E-state index >= 15 is 0 Å². The Morgan fingerprint density at radius 2 is 1.90 bits per heavy atom. The molecule has 1 aliphatic heterocycles. The summed E-state index contributed by atoms with van der Waals surface area (Å²) in [7, 11) is 0. The minimum atomic E-state index is -0.0407. The molecule has 2 aromatic carbocycles. The number of hydrogen-bond acceptors (Lipinski definition) is 2. The number of carbonyl (C=O) groups is 1. The number of hydrogen-bond donors (Lipinski definition) is 1. The van der Waals surface area contributed by atoms with E-state index in [0.29, 0.717) is 11.4 Å². The first-order valence-corrected chi connectivity index (χ1v) is 7.07. The molecule has 4 heteroatoms. The van der Waals surface area contributed by atoms with Crippen molar-refractivity contribution in [1.29, 1.82) is 0 Å². The lowest BCUT2D eigenvalue weighted by Gasteiger charge is -2.11. The van der Waals surface area contributed by atoms with E-state index in [0.717, 1.165) is 27.2 Å². The van der Waals surface area contributed by atoms with Gasteiger partial charge in [0, 0.05) is 16.1 Å². The monoisotopic (exact) mass is 301 g/mol. The molecule has 100 valence electrons. The quantitative estimate of drug-likeness (QED) is 0.673. The van der Waals surface area contributed by atoms with Crippen molar-refractivity contribution in [3.63, 3.8) is 0 Å². The molecule has 2 aromatic rings. The van der Waals surface area contributed by atoms with E-state index in [1.54, 1.807) is 6.07 Å². The van der Waals surface area contributed by atoms with E-state index in [-0.39, 0.29) is 5.91 Å². The van der Waals surface area contributed by atoms with Crippen LogP contribution in [0.1, 0.15) is 22.3 Å². The molecule has 20 heavy (non-hydrogen) atoms. The van der Waals surface area contributed by atoms with Gasteiger partial charge in [-0.1, -0.05) is 53.6 Å². The summed E-state index contributed by atoms with van der Waals surface area (Å²) < 4.78 is 0. The Kier molecular flexibility index (Phi) is 3.32. The molecular weight excluding hydrogens is 290 g/mol. The van der Waals surface area contributed by atoms with Crippen molar-refractivity contribution in [1.82, 2.24) is 0 Å². The van der Waals surface area contributed by atoms with Gasteiger partial charge in [0.2, 0.25) is 5.91 Å². The minimum absolute atomic E-state index is 0.0407. The number of nitrogens with one attached hydrogen (secondary N) is 1. The zero-order valence-electron chi connectivity index (χ0n) is 10.9. The number of rotatable bonds is 2. The lowest BCUT2D eigenvalue weighted by Crippen LogP contribution is -2.07. The summed E-state index contributed by atoms with van der Waals surface area (Å²) in [5, 5.41) is 3.46. The normalized spacial score (nSPS) is 13.0. The van der Waals surface area contributed by atoms with Crippen LogP contribution in [0.5, 0.6) is 0 Å². The molecule has 1 amide bonds. The topological polar surface area (TPSA) is 29.1 Å².